The van der Waals surface area contributed by atoms with Crippen molar-refractivity contribution in [1.82, 2.24) is 5.32 Å². The Morgan fingerprint density at radius 2 is 2.23 bits per heavy atom. The Morgan fingerprint density at radius 3 is 2.85 bits per heavy atom. The molecule has 0 bridgehead atoms. The number of carbonyl (C=O) groups excluding carboxylic acids is 1. The molecule has 0 aromatic rings. The highest BCUT2D eigenvalue weighted by Crippen LogP contribution is 2.28. The molecule has 4 heteroatoms. The van der Waals surface area contributed by atoms with Gasteiger partial charge in [-0.3, -0.25) is 4.79 Å². The number of nitrogens with one attached hydrogen (secondary N) is 1. The number of hydrogen-bond donors (Lipinski definition) is 2. The summed E-state index contributed by atoms with van der Waals surface area (Å²) in [6.45, 7) is 3.09. The summed E-state index contributed by atoms with van der Waals surface area (Å²) in [7, 11) is 0. The Bertz CT molecular complexity index is 158. The minimum absolute atomic E-state index is 0.258. The zero-order chi connectivity index (χ0) is 9.52. The van der Waals surface area contributed by atoms with Crippen molar-refractivity contribution in [2.75, 3.05) is 26.3 Å². The number of ether oxygens (including phenoxy) is 1. The van der Waals surface area contributed by atoms with Gasteiger partial charge in [0, 0.05) is 26.1 Å². The van der Waals surface area contributed by atoms with Gasteiger partial charge in [0.25, 0.3) is 0 Å². The van der Waals surface area contributed by atoms with E-state index in [0.29, 0.717) is 13.0 Å². The van der Waals surface area contributed by atoms with Crippen molar-refractivity contribution in [3.63, 3.8) is 0 Å². The minimum atomic E-state index is -0.258. The van der Waals surface area contributed by atoms with Gasteiger partial charge in [0.1, 0.15) is 0 Å². The number of carbonyl (C=O) groups is 1. The first-order valence-corrected chi connectivity index (χ1v) is 4.86. The molecular weight excluding hydrogens is 168 g/mol. The summed E-state index contributed by atoms with van der Waals surface area (Å²) in [5.41, 5.74) is 4.97. The molecular formula is C9H18N2O2. The van der Waals surface area contributed by atoms with Crippen molar-refractivity contribution in [3.8, 4) is 0 Å². The van der Waals surface area contributed by atoms with Crippen molar-refractivity contribution >= 4 is 5.91 Å². The third kappa shape index (κ3) is 6.54. The van der Waals surface area contributed by atoms with Gasteiger partial charge < -0.3 is 15.8 Å². The van der Waals surface area contributed by atoms with Gasteiger partial charge in [-0.1, -0.05) is 0 Å². The van der Waals surface area contributed by atoms with Crippen molar-refractivity contribution in [1.29, 1.82) is 0 Å². The minimum Gasteiger partial charge on any atom is -0.380 e. The van der Waals surface area contributed by atoms with Crippen LogP contribution in [0.5, 0.6) is 0 Å². The zero-order valence-corrected chi connectivity index (χ0v) is 7.92. The highest BCUT2D eigenvalue weighted by atomic mass is 16.5. The second-order valence-electron chi connectivity index (χ2n) is 3.48. The van der Waals surface area contributed by atoms with Crippen molar-refractivity contribution in [2.24, 2.45) is 11.7 Å². The average Bonchev–Trinajstić information content (AvgIpc) is 2.86. The van der Waals surface area contributed by atoms with Gasteiger partial charge in [-0.2, -0.15) is 0 Å². The maximum absolute atomic E-state index is 10.3. The van der Waals surface area contributed by atoms with Crippen LogP contribution in [0.3, 0.4) is 0 Å². The van der Waals surface area contributed by atoms with Crippen LogP contribution in [0.15, 0.2) is 0 Å². The quantitative estimate of drug-likeness (QED) is 0.519. The molecule has 1 aliphatic carbocycles. The molecule has 0 saturated heterocycles. The molecule has 13 heavy (non-hydrogen) atoms. The lowest BCUT2D eigenvalue weighted by atomic mass is 10.4. The molecule has 0 aromatic heterocycles. The van der Waals surface area contributed by atoms with Crippen LogP contribution in [0.4, 0.5) is 0 Å². The fourth-order valence-corrected chi connectivity index (χ4v) is 1.02. The molecule has 3 N–H and O–H groups in total. The molecule has 76 valence electrons. The van der Waals surface area contributed by atoms with Crippen molar-refractivity contribution in [3.05, 3.63) is 0 Å². The van der Waals surface area contributed by atoms with E-state index in [1.807, 2.05) is 0 Å². The Balaban J connectivity index is 1.70. The van der Waals surface area contributed by atoms with Crippen molar-refractivity contribution in [2.45, 2.75) is 19.3 Å². The first kappa shape index (κ1) is 10.5. The summed E-state index contributed by atoms with van der Waals surface area (Å²) >= 11 is 0. The molecule has 0 aromatic carbocycles. The normalized spacial score (nSPS) is 16.0. The van der Waals surface area contributed by atoms with Crippen LogP contribution in [-0.4, -0.2) is 32.2 Å². The standard InChI is InChI=1S/C9H18N2O2/c10-9(12)3-4-11-5-6-13-7-8-1-2-8/h8,11H,1-7H2,(H2,10,12). The first-order chi connectivity index (χ1) is 6.29. The van der Waals surface area contributed by atoms with E-state index in [4.69, 9.17) is 10.5 Å². The van der Waals surface area contributed by atoms with E-state index in [1.54, 1.807) is 0 Å². The lowest BCUT2D eigenvalue weighted by Crippen LogP contribution is -2.25. The summed E-state index contributed by atoms with van der Waals surface area (Å²) < 4.78 is 5.39. The van der Waals surface area contributed by atoms with Gasteiger partial charge in [0.2, 0.25) is 5.91 Å². The summed E-state index contributed by atoms with van der Waals surface area (Å²) in [4.78, 5) is 10.3. The van der Waals surface area contributed by atoms with E-state index >= 15 is 0 Å². The predicted molar refractivity (Wildman–Crippen MR) is 50.2 cm³/mol. The highest BCUT2D eigenvalue weighted by Gasteiger charge is 2.20. The van der Waals surface area contributed by atoms with E-state index in [0.717, 1.165) is 25.7 Å². The lowest BCUT2D eigenvalue weighted by molar-refractivity contribution is -0.117. The number of primary amides is 1. The molecule has 0 aliphatic heterocycles. The van der Waals surface area contributed by atoms with E-state index in [-0.39, 0.29) is 5.91 Å². The fourth-order valence-electron chi connectivity index (χ4n) is 1.02. The molecule has 1 aliphatic rings. The molecule has 0 atom stereocenters. The highest BCUT2D eigenvalue weighted by molar-refractivity contribution is 5.73. The van der Waals surface area contributed by atoms with Gasteiger partial charge in [0.15, 0.2) is 0 Å². The third-order valence-corrected chi connectivity index (χ3v) is 2.02. The summed E-state index contributed by atoms with van der Waals surface area (Å²) in [5.74, 6) is 0.567. The van der Waals surface area contributed by atoms with Gasteiger partial charge >= 0.3 is 0 Å². The zero-order valence-electron chi connectivity index (χ0n) is 7.92. The van der Waals surface area contributed by atoms with Crippen molar-refractivity contribution < 1.29 is 9.53 Å². The monoisotopic (exact) mass is 186 g/mol. The maximum Gasteiger partial charge on any atom is 0.218 e. The number of rotatable bonds is 8. The molecule has 1 fully saturated rings. The Hall–Kier alpha value is -0.610. The van der Waals surface area contributed by atoms with Crippen LogP contribution in [0.2, 0.25) is 0 Å². The van der Waals surface area contributed by atoms with E-state index in [2.05, 4.69) is 5.32 Å². The van der Waals surface area contributed by atoms with Crippen LogP contribution < -0.4 is 11.1 Å². The lowest BCUT2D eigenvalue weighted by Gasteiger charge is -2.03. The third-order valence-electron chi connectivity index (χ3n) is 2.02. The van der Waals surface area contributed by atoms with Crippen LogP contribution in [0, 0.1) is 5.92 Å². The van der Waals surface area contributed by atoms with Crippen LogP contribution in [0.1, 0.15) is 19.3 Å². The second kappa shape index (κ2) is 5.94. The van der Waals surface area contributed by atoms with Crippen LogP contribution >= 0.6 is 0 Å². The fraction of sp³-hybridized carbons (Fsp3) is 0.889. The second-order valence-corrected chi connectivity index (χ2v) is 3.48. The first-order valence-electron chi connectivity index (χ1n) is 4.86. The van der Waals surface area contributed by atoms with Crippen LogP contribution in [-0.2, 0) is 9.53 Å². The molecule has 0 unspecified atom stereocenters. The topological polar surface area (TPSA) is 64.4 Å². The Morgan fingerprint density at radius 1 is 1.46 bits per heavy atom. The van der Waals surface area contributed by atoms with Gasteiger partial charge in [0.05, 0.1) is 6.61 Å². The predicted octanol–water partition coefficient (Wildman–Crippen LogP) is -0.122. The summed E-state index contributed by atoms with van der Waals surface area (Å²) in [6.07, 6.45) is 3.06. The van der Waals surface area contributed by atoms with Gasteiger partial charge in [-0.25, -0.2) is 0 Å². The SMILES string of the molecule is NC(=O)CCNCCOCC1CC1. The van der Waals surface area contributed by atoms with E-state index in [1.165, 1.54) is 12.8 Å². The smallest absolute Gasteiger partial charge is 0.218 e. The molecule has 1 saturated carbocycles. The Labute approximate surface area is 78.8 Å². The van der Waals surface area contributed by atoms with Gasteiger partial charge in [-0.15, -0.1) is 0 Å². The Kier molecular flexibility index (Phi) is 4.78. The molecule has 0 spiro atoms. The summed E-state index contributed by atoms with van der Waals surface area (Å²) in [6, 6.07) is 0. The van der Waals surface area contributed by atoms with Crippen LogP contribution in [0.25, 0.3) is 0 Å². The summed E-state index contributed by atoms with van der Waals surface area (Å²) in [5, 5.41) is 3.09. The maximum atomic E-state index is 10.3. The average molecular weight is 186 g/mol. The number of amides is 1. The van der Waals surface area contributed by atoms with Gasteiger partial charge in [-0.05, 0) is 18.8 Å². The number of nitrogens with two attached hydrogens (primary N) is 1. The molecule has 0 heterocycles. The number of hydrogen-bond acceptors (Lipinski definition) is 3. The molecule has 1 rings (SSSR count). The largest absolute Gasteiger partial charge is 0.380 e. The molecule has 0 radical (unpaired) electrons. The van der Waals surface area contributed by atoms with E-state index < -0.39 is 0 Å². The molecule has 1 amide bonds. The van der Waals surface area contributed by atoms with E-state index in [9.17, 15) is 4.79 Å². The molecule has 4 nitrogen and oxygen atoms in total.